The Labute approximate surface area is 197 Å². The first-order chi connectivity index (χ1) is 16.1. The van der Waals surface area contributed by atoms with Gasteiger partial charge in [0.25, 0.3) is 0 Å². The van der Waals surface area contributed by atoms with Crippen molar-refractivity contribution in [2.75, 3.05) is 5.32 Å². The van der Waals surface area contributed by atoms with Crippen LogP contribution in [0.4, 0.5) is 5.69 Å². The van der Waals surface area contributed by atoms with Crippen molar-refractivity contribution in [2.45, 2.75) is 77.6 Å². The van der Waals surface area contributed by atoms with Gasteiger partial charge in [-0.2, -0.15) is 0 Å². The lowest BCUT2D eigenvalue weighted by atomic mass is 9.89. The van der Waals surface area contributed by atoms with Gasteiger partial charge in [-0.1, -0.05) is 76.5 Å². The number of nitrogens with two attached hydrogens (primary N) is 1. The van der Waals surface area contributed by atoms with Crippen LogP contribution in [0.1, 0.15) is 83.4 Å². The summed E-state index contributed by atoms with van der Waals surface area (Å²) in [5.41, 5.74) is 8.92. The van der Waals surface area contributed by atoms with E-state index in [4.69, 9.17) is 5.73 Å². The van der Waals surface area contributed by atoms with E-state index in [0.717, 1.165) is 47.7 Å². The molecule has 4 N–H and O–H groups in total. The van der Waals surface area contributed by atoms with Crippen LogP contribution < -0.4 is 11.1 Å². The average Bonchev–Trinajstić information content (AvgIpc) is 3.51. The van der Waals surface area contributed by atoms with Crippen molar-refractivity contribution >= 4 is 34.6 Å². The molecule has 2 fully saturated rings. The van der Waals surface area contributed by atoms with E-state index >= 15 is 0 Å². The van der Waals surface area contributed by atoms with Crippen LogP contribution in [-0.2, 0) is 9.59 Å². The lowest BCUT2D eigenvalue weighted by molar-refractivity contribution is -0.122. The first-order valence-corrected chi connectivity index (χ1v) is 12.4. The van der Waals surface area contributed by atoms with E-state index < -0.39 is 0 Å². The summed E-state index contributed by atoms with van der Waals surface area (Å²) in [7, 11) is 0. The minimum atomic E-state index is -0.102. The topological polar surface area (TPSA) is 101 Å². The van der Waals surface area contributed by atoms with Crippen molar-refractivity contribution in [2.24, 2.45) is 17.6 Å². The molecule has 2 aromatic rings. The van der Waals surface area contributed by atoms with E-state index in [0.29, 0.717) is 6.41 Å². The fraction of sp³-hybridized carbons (Fsp3) is 0.519. The highest BCUT2D eigenvalue weighted by Crippen LogP contribution is 2.25. The van der Waals surface area contributed by atoms with Crippen LogP contribution >= 0.6 is 0 Å². The number of nitrogens with one attached hydrogen (secondary N) is 2. The van der Waals surface area contributed by atoms with E-state index in [1.54, 1.807) is 0 Å². The molecule has 2 saturated carbocycles. The lowest BCUT2D eigenvalue weighted by Gasteiger charge is -2.17. The van der Waals surface area contributed by atoms with Gasteiger partial charge in [-0.15, -0.1) is 0 Å². The number of rotatable bonds is 4. The maximum atomic E-state index is 10.6. The molecule has 3 aliphatic rings. The van der Waals surface area contributed by atoms with Crippen molar-refractivity contribution in [3.05, 3.63) is 42.3 Å². The number of imidazole rings is 1. The number of amides is 2. The highest BCUT2D eigenvalue weighted by molar-refractivity contribution is 5.85. The third-order valence-corrected chi connectivity index (χ3v) is 6.68. The van der Waals surface area contributed by atoms with Crippen LogP contribution in [0.15, 0.2) is 36.4 Å². The van der Waals surface area contributed by atoms with Crippen molar-refractivity contribution in [3.8, 4) is 0 Å². The summed E-state index contributed by atoms with van der Waals surface area (Å²) in [6, 6.07) is 5.61. The number of hydrogen-bond donors (Lipinski definition) is 3. The molecule has 0 atom stereocenters. The minimum Gasteiger partial charge on any atom is -0.369 e. The zero-order chi connectivity index (χ0) is 23.5. The molecule has 33 heavy (non-hydrogen) atoms. The average molecular weight is 451 g/mol. The van der Waals surface area contributed by atoms with Gasteiger partial charge in [-0.25, -0.2) is 4.98 Å². The predicted octanol–water partition coefficient (Wildman–Crippen LogP) is 6.11. The summed E-state index contributed by atoms with van der Waals surface area (Å²) in [5, 5.41) is 2.62. The molecule has 5 rings (SSSR count). The van der Waals surface area contributed by atoms with Crippen LogP contribution in [0.2, 0.25) is 0 Å². The molecule has 0 radical (unpaired) electrons. The third-order valence-electron chi connectivity index (χ3n) is 6.68. The van der Waals surface area contributed by atoms with Gasteiger partial charge in [-0.05, 0) is 49.0 Å². The van der Waals surface area contributed by atoms with Crippen molar-refractivity contribution in [1.82, 2.24) is 9.97 Å². The number of fused-ring (bicyclic) bond motifs is 1. The molecule has 6 nitrogen and oxygen atoms in total. The van der Waals surface area contributed by atoms with E-state index in [1.165, 1.54) is 56.9 Å². The summed E-state index contributed by atoms with van der Waals surface area (Å²) in [4.78, 5) is 28.7. The van der Waals surface area contributed by atoms with Crippen LogP contribution in [0.3, 0.4) is 0 Å². The summed E-state index contributed by atoms with van der Waals surface area (Å²) < 4.78 is 0. The van der Waals surface area contributed by atoms with Gasteiger partial charge >= 0.3 is 0 Å². The molecule has 3 aliphatic carbocycles. The molecule has 0 aliphatic heterocycles. The highest BCUT2D eigenvalue weighted by atomic mass is 16.1. The van der Waals surface area contributed by atoms with Gasteiger partial charge < -0.3 is 16.0 Å². The van der Waals surface area contributed by atoms with E-state index in [2.05, 4.69) is 34.4 Å². The molecule has 0 unspecified atom stereocenters. The molecule has 2 amide bonds. The van der Waals surface area contributed by atoms with E-state index in [1.807, 2.05) is 24.3 Å². The molecule has 1 heterocycles. The molecule has 1 aromatic heterocycles. The molecule has 178 valence electrons. The SMILES string of the molecule is CC1CCCCC1.NC(=O)C1CCCCC1.O=CNc1ccc2nc(C3=CC=CC3)[nH]c2c1. The number of anilines is 1. The Morgan fingerprint density at radius 2 is 1.79 bits per heavy atom. The molecule has 6 heteroatoms. The van der Waals surface area contributed by atoms with Gasteiger partial charge in [0.2, 0.25) is 12.3 Å². The molecular formula is C27H38N4O2. The van der Waals surface area contributed by atoms with Gasteiger partial charge in [0.05, 0.1) is 11.0 Å². The Bertz CT molecular complexity index is 964. The van der Waals surface area contributed by atoms with Gasteiger partial charge in [0.15, 0.2) is 0 Å². The fourth-order valence-corrected chi connectivity index (χ4v) is 4.64. The maximum absolute atomic E-state index is 10.6. The van der Waals surface area contributed by atoms with Crippen molar-refractivity contribution in [3.63, 3.8) is 0 Å². The predicted molar refractivity (Wildman–Crippen MR) is 136 cm³/mol. The van der Waals surface area contributed by atoms with Crippen LogP contribution in [0.25, 0.3) is 16.6 Å². The van der Waals surface area contributed by atoms with E-state index in [9.17, 15) is 9.59 Å². The largest absolute Gasteiger partial charge is 0.369 e. The van der Waals surface area contributed by atoms with Crippen LogP contribution in [0.5, 0.6) is 0 Å². The maximum Gasteiger partial charge on any atom is 0.220 e. The summed E-state index contributed by atoms with van der Waals surface area (Å²) >= 11 is 0. The first kappa shape index (κ1) is 24.7. The zero-order valence-corrected chi connectivity index (χ0v) is 19.8. The highest BCUT2D eigenvalue weighted by Gasteiger charge is 2.17. The summed E-state index contributed by atoms with van der Waals surface area (Å²) in [6.07, 6.45) is 20.9. The van der Waals surface area contributed by atoms with Crippen molar-refractivity contribution < 1.29 is 9.59 Å². The standard InChI is InChI=1S/C13H11N3O.C7H13NO.C7H14/c17-8-14-10-5-6-11-12(7-10)16-13(15-11)9-3-1-2-4-9;8-7(9)6-4-2-1-3-5-6;1-7-5-3-2-4-6-7/h1-3,5-8H,4H2,(H,14,17)(H,15,16);6H,1-5H2,(H2,8,9);7H,2-6H2,1H3. The zero-order valence-electron chi connectivity index (χ0n) is 19.8. The quantitative estimate of drug-likeness (QED) is 0.490. The Kier molecular flexibility index (Phi) is 9.73. The normalized spacial score (nSPS) is 18.5. The molecule has 0 spiro atoms. The number of carbonyl (C=O) groups is 2. The molecular weight excluding hydrogens is 412 g/mol. The molecule has 1 aromatic carbocycles. The number of carbonyl (C=O) groups excluding carboxylic acids is 2. The minimum absolute atomic E-state index is 0.102. The Hall–Kier alpha value is -2.89. The van der Waals surface area contributed by atoms with Gasteiger partial charge in [0.1, 0.15) is 5.82 Å². The Balaban J connectivity index is 0.000000160. The second kappa shape index (κ2) is 13.0. The fourth-order valence-electron chi connectivity index (χ4n) is 4.64. The second-order valence-electron chi connectivity index (χ2n) is 9.38. The first-order valence-electron chi connectivity index (χ1n) is 12.4. The van der Waals surface area contributed by atoms with Crippen LogP contribution in [0, 0.1) is 11.8 Å². The number of H-pyrrole nitrogens is 1. The van der Waals surface area contributed by atoms with E-state index in [-0.39, 0.29) is 11.8 Å². The molecule has 0 saturated heterocycles. The summed E-state index contributed by atoms with van der Waals surface area (Å²) in [6.45, 7) is 2.36. The van der Waals surface area contributed by atoms with Gasteiger partial charge in [0, 0.05) is 11.6 Å². The smallest absolute Gasteiger partial charge is 0.220 e. The number of hydrogen-bond acceptors (Lipinski definition) is 3. The number of nitrogens with zero attached hydrogens (tertiary/aromatic N) is 1. The Morgan fingerprint density at radius 3 is 2.30 bits per heavy atom. The number of benzene rings is 1. The second-order valence-corrected chi connectivity index (χ2v) is 9.38. The molecule has 0 bridgehead atoms. The number of aromatic nitrogens is 2. The number of allylic oxidation sites excluding steroid dienone is 4. The van der Waals surface area contributed by atoms with Crippen molar-refractivity contribution in [1.29, 1.82) is 0 Å². The number of primary amides is 1. The van der Waals surface area contributed by atoms with Crippen LogP contribution in [-0.4, -0.2) is 22.3 Å². The lowest BCUT2D eigenvalue weighted by Crippen LogP contribution is -2.24. The Morgan fingerprint density at radius 1 is 1.09 bits per heavy atom. The third kappa shape index (κ3) is 7.88. The number of aromatic amines is 1. The monoisotopic (exact) mass is 450 g/mol. The van der Waals surface area contributed by atoms with Gasteiger partial charge in [-0.3, -0.25) is 9.59 Å². The summed E-state index contributed by atoms with van der Waals surface area (Å²) in [5.74, 6) is 2.02.